The molecule has 0 radical (unpaired) electrons. The van der Waals surface area contributed by atoms with Gasteiger partial charge in [0.25, 0.3) is 0 Å². The quantitative estimate of drug-likeness (QED) is 0.534. The molecule has 2 aliphatic carbocycles. The third kappa shape index (κ3) is 0.564. The molecule has 0 saturated heterocycles. The highest BCUT2D eigenvalue weighted by Gasteiger charge is 2.44. The van der Waals surface area contributed by atoms with Crippen LogP contribution in [0.2, 0.25) is 0 Å². The first-order chi connectivity index (χ1) is 4.73. The predicted molar refractivity (Wildman–Crippen MR) is 38.1 cm³/mol. The van der Waals surface area contributed by atoms with Crippen LogP contribution < -0.4 is 5.73 Å². The average Bonchev–Trinajstić information content (AvgIpc) is 2.45. The standard InChI is InChI=1S/C8H11NO/c9-7(10)8-3-1-6(5-8)2-4-8/h1,3,6H,2,4-5H2,(H2,9,10)/t6-,8-/m1/s1. The number of allylic oxidation sites excluding steroid dienone is 1. The number of nitrogens with two attached hydrogens (primary N) is 1. The maximum atomic E-state index is 11.0. The Labute approximate surface area is 60.1 Å². The summed E-state index contributed by atoms with van der Waals surface area (Å²) in [6, 6.07) is 0. The van der Waals surface area contributed by atoms with Crippen LogP contribution in [0.5, 0.6) is 0 Å². The fraction of sp³-hybridized carbons (Fsp3) is 0.625. The summed E-state index contributed by atoms with van der Waals surface area (Å²) in [5.41, 5.74) is 5.05. The molecule has 1 saturated carbocycles. The lowest BCUT2D eigenvalue weighted by Crippen LogP contribution is -2.31. The molecule has 0 heterocycles. The molecule has 2 rings (SSSR count). The van der Waals surface area contributed by atoms with Crippen molar-refractivity contribution in [1.82, 2.24) is 0 Å². The number of carbonyl (C=O) groups excluding carboxylic acids is 1. The summed E-state index contributed by atoms with van der Waals surface area (Å²) >= 11 is 0. The number of fused-ring (bicyclic) bond motifs is 2. The maximum absolute atomic E-state index is 11.0. The Morgan fingerprint density at radius 3 is 2.70 bits per heavy atom. The average molecular weight is 137 g/mol. The Balaban J connectivity index is 2.32. The predicted octanol–water partition coefficient (Wildman–Crippen LogP) is 0.828. The summed E-state index contributed by atoms with van der Waals surface area (Å²) in [6.07, 6.45) is 7.24. The molecular formula is C8H11NO. The molecule has 2 aliphatic rings. The number of rotatable bonds is 1. The van der Waals surface area contributed by atoms with E-state index in [1.54, 1.807) is 0 Å². The van der Waals surface area contributed by atoms with Crippen molar-refractivity contribution in [2.24, 2.45) is 17.1 Å². The normalized spacial score (nSPS) is 42.6. The highest BCUT2D eigenvalue weighted by molar-refractivity contribution is 5.84. The lowest BCUT2D eigenvalue weighted by molar-refractivity contribution is -0.124. The molecule has 0 unspecified atom stereocenters. The summed E-state index contributed by atoms with van der Waals surface area (Å²) in [5.74, 6) is 0.510. The largest absolute Gasteiger partial charge is 0.369 e. The Bertz CT molecular complexity index is 209. The molecule has 2 nitrogen and oxygen atoms in total. The van der Waals surface area contributed by atoms with E-state index in [2.05, 4.69) is 6.08 Å². The van der Waals surface area contributed by atoms with Gasteiger partial charge in [-0.15, -0.1) is 0 Å². The van der Waals surface area contributed by atoms with Gasteiger partial charge in [0.1, 0.15) is 0 Å². The Hall–Kier alpha value is -0.790. The van der Waals surface area contributed by atoms with Crippen LogP contribution in [0, 0.1) is 11.3 Å². The van der Waals surface area contributed by atoms with E-state index in [4.69, 9.17) is 5.73 Å². The topological polar surface area (TPSA) is 43.1 Å². The van der Waals surface area contributed by atoms with Gasteiger partial charge in [0.15, 0.2) is 0 Å². The number of primary amides is 1. The van der Waals surface area contributed by atoms with Crippen molar-refractivity contribution in [2.75, 3.05) is 0 Å². The van der Waals surface area contributed by atoms with E-state index >= 15 is 0 Å². The molecule has 0 aromatic carbocycles. The van der Waals surface area contributed by atoms with Crippen LogP contribution in [0.3, 0.4) is 0 Å². The molecule has 1 fully saturated rings. The van der Waals surface area contributed by atoms with E-state index in [1.807, 2.05) is 6.08 Å². The summed E-state index contributed by atoms with van der Waals surface area (Å²) in [6.45, 7) is 0. The van der Waals surface area contributed by atoms with Crippen molar-refractivity contribution in [2.45, 2.75) is 19.3 Å². The van der Waals surface area contributed by atoms with Crippen LogP contribution in [0.1, 0.15) is 19.3 Å². The molecule has 0 spiro atoms. The minimum atomic E-state index is -0.231. The van der Waals surface area contributed by atoms with Crippen molar-refractivity contribution in [3.05, 3.63) is 12.2 Å². The second kappa shape index (κ2) is 1.62. The second-order valence-corrected chi connectivity index (χ2v) is 3.38. The van der Waals surface area contributed by atoms with E-state index in [-0.39, 0.29) is 11.3 Å². The zero-order valence-corrected chi connectivity index (χ0v) is 5.84. The minimum absolute atomic E-state index is 0.135. The molecule has 0 aromatic heterocycles. The van der Waals surface area contributed by atoms with E-state index in [9.17, 15) is 4.79 Å². The second-order valence-electron chi connectivity index (χ2n) is 3.38. The van der Waals surface area contributed by atoms with E-state index in [0.717, 1.165) is 19.3 Å². The monoisotopic (exact) mass is 137 g/mol. The van der Waals surface area contributed by atoms with Crippen LogP contribution in [0.4, 0.5) is 0 Å². The number of amides is 1. The van der Waals surface area contributed by atoms with Gasteiger partial charge in [-0.25, -0.2) is 0 Å². The van der Waals surface area contributed by atoms with E-state index < -0.39 is 0 Å². The van der Waals surface area contributed by atoms with Crippen LogP contribution >= 0.6 is 0 Å². The van der Waals surface area contributed by atoms with E-state index in [0.29, 0.717) is 5.92 Å². The molecule has 1 amide bonds. The molecule has 0 aromatic rings. The Kier molecular flexibility index (Phi) is 0.967. The summed E-state index contributed by atoms with van der Waals surface area (Å²) in [5, 5.41) is 0. The van der Waals surface area contributed by atoms with Gasteiger partial charge in [-0.1, -0.05) is 12.2 Å². The first-order valence-electron chi connectivity index (χ1n) is 3.72. The molecule has 2 heteroatoms. The van der Waals surface area contributed by atoms with Gasteiger partial charge >= 0.3 is 0 Å². The molecule has 54 valence electrons. The maximum Gasteiger partial charge on any atom is 0.227 e. The molecule has 10 heavy (non-hydrogen) atoms. The summed E-state index contributed by atoms with van der Waals surface area (Å²) in [7, 11) is 0. The van der Waals surface area contributed by atoms with Crippen LogP contribution in [-0.4, -0.2) is 5.91 Å². The molecule has 2 N–H and O–H groups in total. The highest BCUT2D eigenvalue weighted by Crippen LogP contribution is 2.48. The lowest BCUT2D eigenvalue weighted by Gasteiger charge is -2.17. The van der Waals surface area contributed by atoms with Gasteiger partial charge in [-0.2, -0.15) is 0 Å². The Morgan fingerprint density at radius 2 is 2.50 bits per heavy atom. The van der Waals surface area contributed by atoms with Gasteiger partial charge in [0.2, 0.25) is 5.91 Å². The SMILES string of the molecule is NC(=O)[C@]12C=C[C@H](CC1)C2. The fourth-order valence-electron chi connectivity index (χ4n) is 2.06. The van der Waals surface area contributed by atoms with Crippen LogP contribution in [0.15, 0.2) is 12.2 Å². The molecular weight excluding hydrogens is 126 g/mol. The van der Waals surface area contributed by atoms with Crippen molar-refractivity contribution >= 4 is 5.91 Å². The molecule has 0 aliphatic heterocycles. The highest BCUT2D eigenvalue weighted by atomic mass is 16.1. The summed E-state index contributed by atoms with van der Waals surface area (Å²) in [4.78, 5) is 11.0. The van der Waals surface area contributed by atoms with Gasteiger partial charge < -0.3 is 5.73 Å². The first kappa shape index (κ1) is 5.96. The Morgan fingerprint density at radius 1 is 1.70 bits per heavy atom. The van der Waals surface area contributed by atoms with E-state index in [1.165, 1.54) is 0 Å². The van der Waals surface area contributed by atoms with Gasteiger partial charge in [-0.05, 0) is 25.2 Å². The third-order valence-electron chi connectivity index (χ3n) is 2.77. The van der Waals surface area contributed by atoms with Crippen molar-refractivity contribution in [3.63, 3.8) is 0 Å². The molecule has 2 bridgehead atoms. The zero-order valence-electron chi connectivity index (χ0n) is 5.84. The van der Waals surface area contributed by atoms with Crippen molar-refractivity contribution < 1.29 is 4.79 Å². The van der Waals surface area contributed by atoms with Crippen LogP contribution in [-0.2, 0) is 4.79 Å². The lowest BCUT2D eigenvalue weighted by atomic mass is 9.87. The number of carbonyl (C=O) groups is 1. The number of hydrogen-bond donors (Lipinski definition) is 1. The fourth-order valence-corrected chi connectivity index (χ4v) is 2.06. The number of hydrogen-bond acceptors (Lipinski definition) is 1. The molecule has 2 atom stereocenters. The summed E-state index contributed by atoms with van der Waals surface area (Å²) < 4.78 is 0. The smallest absolute Gasteiger partial charge is 0.227 e. The zero-order chi connectivity index (χ0) is 7.19. The third-order valence-corrected chi connectivity index (χ3v) is 2.77. The van der Waals surface area contributed by atoms with Gasteiger partial charge in [-0.3, -0.25) is 4.79 Å². The van der Waals surface area contributed by atoms with Crippen molar-refractivity contribution in [3.8, 4) is 0 Å². The van der Waals surface area contributed by atoms with Crippen molar-refractivity contribution in [1.29, 1.82) is 0 Å². The van der Waals surface area contributed by atoms with Gasteiger partial charge in [0.05, 0.1) is 5.41 Å². The minimum Gasteiger partial charge on any atom is -0.369 e. The first-order valence-corrected chi connectivity index (χ1v) is 3.72. The van der Waals surface area contributed by atoms with Crippen LogP contribution in [0.25, 0.3) is 0 Å². The van der Waals surface area contributed by atoms with Gasteiger partial charge in [0, 0.05) is 0 Å².